The van der Waals surface area contributed by atoms with E-state index in [4.69, 9.17) is 10.5 Å². The molecule has 1 saturated carbocycles. The summed E-state index contributed by atoms with van der Waals surface area (Å²) in [4.78, 5) is 12.0. The van der Waals surface area contributed by atoms with E-state index in [1.807, 2.05) is 31.2 Å². The molecule has 0 aliphatic heterocycles. The van der Waals surface area contributed by atoms with E-state index < -0.39 is 0 Å². The highest BCUT2D eigenvalue weighted by Crippen LogP contribution is 2.29. The van der Waals surface area contributed by atoms with Gasteiger partial charge in [0, 0.05) is 12.2 Å². The standard InChI is InChI=1S/C17H26N2O2/c1-14-7-6-8-15(11-14)19-16(20)12-21-17(13-18)9-4-2-3-5-10-17/h6-8,11H,2-5,9-10,12-13,18H2,1H3,(H,19,20). The van der Waals surface area contributed by atoms with Crippen LogP contribution in [0.3, 0.4) is 0 Å². The summed E-state index contributed by atoms with van der Waals surface area (Å²) < 4.78 is 5.93. The number of aryl methyl sites for hydroxylation is 1. The van der Waals surface area contributed by atoms with Gasteiger partial charge in [-0.15, -0.1) is 0 Å². The number of ether oxygens (including phenoxy) is 1. The van der Waals surface area contributed by atoms with Crippen molar-refractivity contribution in [1.82, 2.24) is 0 Å². The summed E-state index contributed by atoms with van der Waals surface area (Å²) in [7, 11) is 0. The highest BCUT2D eigenvalue weighted by molar-refractivity contribution is 5.91. The number of nitrogens with one attached hydrogen (secondary N) is 1. The van der Waals surface area contributed by atoms with Gasteiger partial charge in [0.25, 0.3) is 0 Å². The molecule has 1 aliphatic carbocycles. The summed E-state index contributed by atoms with van der Waals surface area (Å²) >= 11 is 0. The van der Waals surface area contributed by atoms with E-state index in [9.17, 15) is 4.79 Å². The molecule has 0 aromatic heterocycles. The van der Waals surface area contributed by atoms with Gasteiger partial charge in [0.2, 0.25) is 5.91 Å². The zero-order valence-corrected chi connectivity index (χ0v) is 12.9. The second-order valence-corrected chi connectivity index (χ2v) is 6.01. The van der Waals surface area contributed by atoms with Crippen molar-refractivity contribution in [2.45, 2.75) is 51.0 Å². The van der Waals surface area contributed by atoms with Gasteiger partial charge in [0.05, 0.1) is 5.60 Å². The molecule has 0 unspecified atom stereocenters. The number of anilines is 1. The van der Waals surface area contributed by atoms with Crippen molar-refractivity contribution >= 4 is 11.6 Å². The molecule has 4 nitrogen and oxygen atoms in total. The third kappa shape index (κ3) is 4.83. The molecule has 0 atom stereocenters. The van der Waals surface area contributed by atoms with Crippen LogP contribution in [0.5, 0.6) is 0 Å². The van der Waals surface area contributed by atoms with Crippen LogP contribution in [0.1, 0.15) is 44.1 Å². The molecule has 0 radical (unpaired) electrons. The van der Waals surface area contributed by atoms with Gasteiger partial charge in [-0.25, -0.2) is 0 Å². The van der Waals surface area contributed by atoms with E-state index in [0.717, 1.165) is 36.9 Å². The van der Waals surface area contributed by atoms with Crippen LogP contribution in [0, 0.1) is 6.92 Å². The molecule has 21 heavy (non-hydrogen) atoms. The van der Waals surface area contributed by atoms with Crippen LogP contribution >= 0.6 is 0 Å². The van der Waals surface area contributed by atoms with Gasteiger partial charge < -0.3 is 15.8 Å². The lowest BCUT2D eigenvalue weighted by molar-refractivity contribution is -0.128. The Kier molecular flexibility index (Phi) is 5.76. The lowest BCUT2D eigenvalue weighted by atomic mass is 9.94. The number of benzene rings is 1. The topological polar surface area (TPSA) is 64.3 Å². The van der Waals surface area contributed by atoms with Crippen LogP contribution in [0.15, 0.2) is 24.3 Å². The van der Waals surface area contributed by atoms with Crippen molar-refractivity contribution in [3.05, 3.63) is 29.8 Å². The predicted molar refractivity (Wildman–Crippen MR) is 85.2 cm³/mol. The van der Waals surface area contributed by atoms with E-state index in [1.165, 1.54) is 12.8 Å². The molecule has 2 rings (SSSR count). The molecular weight excluding hydrogens is 264 g/mol. The van der Waals surface area contributed by atoms with E-state index in [2.05, 4.69) is 5.32 Å². The Morgan fingerprint density at radius 3 is 2.62 bits per heavy atom. The van der Waals surface area contributed by atoms with Crippen molar-refractivity contribution in [2.75, 3.05) is 18.5 Å². The molecule has 3 N–H and O–H groups in total. The monoisotopic (exact) mass is 290 g/mol. The highest BCUT2D eigenvalue weighted by atomic mass is 16.5. The molecular formula is C17H26N2O2. The van der Waals surface area contributed by atoms with Crippen molar-refractivity contribution in [2.24, 2.45) is 5.73 Å². The quantitative estimate of drug-likeness (QED) is 0.819. The molecule has 4 heteroatoms. The number of rotatable bonds is 5. The van der Waals surface area contributed by atoms with Crippen LogP contribution in [0.4, 0.5) is 5.69 Å². The minimum absolute atomic E-state index is 0.0745. The van der Waals surface area contributed by atoms with Gasteiger partial charge >= 0.3 is 0 Å². The SMILES string of the molecule is Cc1cccc(NC(=O)COC2(CN)CCCCCC2)c1. The largest absolute Gasteiger partial charge is 0.364 e. The molecule has 0 bridgehead atoms. The van der Waals surface area contributed by atoms with Gasteiger partial charge in [-0.05, 0) is 37.5 Å². The number of carbonyl (C=O) groups is 1. The Morgan fingerprint density at radius 1 is 1.29 bits per heavy atom. The van der Waals surface area contributed by atoms with Gasteiger partial charge in [-0.1, -0.05) is 37.8 Å². The lowest BCUT2D eigenvalue weighted by Gasteiger charge is -2.31. The maximum atomic E-state index is 12.0. The third-order valence-corrected chi connectivity index (χ3v) is 4.20. The fraction of sp³-hybridized carbons (Fsp3) is 0.588. The first-order valence-corrected chi connectivity index (χ1v) is 7.84. The van der Waals surface area contributed by atoms with Crippen molar-refractivity contribution in [3.63, 3.8) is 0 Å². The molecule has 0 saturated heterocycles. The van der Waals surface area contributed by atoms with Crippen LogP contribution < -0.4 is 11.1 Å². The highest BCUT2D eigenvalue weighted by Gasteiger charge is 2.31. The average Bonchev–Trinajstić information content (AvgIpc) is 2.71. The molecule has 1 amide bonds. The molecule has 1 fully saturated rings. The van der Waals surface area contributed by atoms with Gasteiger partial charge in [-0.2, -0.15) is 0 Å². The third-order valence-electron chi connectivity index (χ3n) is 4.20. The lowest BCUT2D eigenvalue weighted by Crippen LogP contribution is -2.42. The second-order valence-electron chi connectivity index (χ2n) is 6.01. The van der Waals surface area contributed by atoms with E-state index in [-0.39, 0.29) is 18.1 Å². The summed E-state index contributed by atoms with van der Waals surface area (Å²) in [6.45, 7) is 2.57. The van der Waals surface area contributed by atoms with Gasteiger partial charge in [-0.3, -0.25) is 4.79 Å². The fourth-order valence-electron chi connectivity index (χ4n) is 2.92. The summed E-state index contributed by atoms with van der Waals surface area (Å²) in [6.07, 6.45) is 6.66. The Morgan fingerprint density at radius 2 is 2.00 bits per heavy atom. The Bertz CT molecular complexity index is 466. The van der Waals surface area contributed by atoms with Crippen LogP contribution in [-0.4, -0.2) is 24.7 Å². The molecule has 0 heterocycles. The molecule has 0 spiro atoms. The minimum atomic E-state index is -0.305. The molecule has 1 aromatic carbocycles. The summed E-state index contributed by atoms with van der Waals surface area (Å²) in [6, 6.07) is 7.76. The van der Waals surface area contributed by atoms with Crippen molar-refractivity contribution in [1.29, 1.82) is 0 Å². The van der Waals surface area contributed by atoms with E-state index in [1.54, 1.807) is 0 Å². The maximum absolute atomic E-state index is 12.0. The smallest absolute Gasteiger partial charge is 0.250 e. The zero-order chi connectivity index (χ0) is 15.1. The number of amides is 1. The first-order valence-electron chi connectivity index (χ1n) is 7.84. The van der Waals surface area contributed by atoms with E-state index in [0.29, 0.717) is 6.54 Å². The van der Waals surface area contributed by atoms with Gasteiger partial charge in [0.15, 0.2) is 0 Å². The van der Waals surface area contributed by atoms with Crippen molar-refractivity contribution < 1.29 is 9.53 Å². The number of nitrogens with two attached hydrogens (primary N) is 1. The predicted octanol–water partition coefficient (Wildman–Crippen LogP) is 3.00. The zero-order valence-electron chi connectivity index (χ0n) is 12.9. The van der Waals surface area contributed by atoms with Crippen molar-refractivity contribution in [3.8, 4) is 0 Å². The fourth-order valence-corrected chi connectivity index (χ4v) is 2.92. The van der Waals surface area contributed by atoms with E-state index >= 15 is 0 Å². The minimum Gasteiger partial charge on any atom is -0.364 e. The second kappa shape index (κ2) is 7.57. The Balaban J connectivity index is 1.87. The summed E-state index contributed by atoms with van der Waals surface area (Å²) in [5, 5.41) is 2.87. The maximum Gasteiger partial charge on any atom is 0.250 e. The van der Waals surface area contributed by atoms with Crippen LogP contribution in [0.25, 0.3) is 0 Å². The number of carbonyl (C=O) groups excluding carboxylic acids is 1. The normalized spacial score (nSPS) is 18.0. The van der Waals surface area contributed by atoms with Crippen LogP contribution in [-0.2, 0) is 9.53 Å². The number of hydrogen-bond donors (Lipinski definition) is 2. The first-order chi connectivity index (χ1) is 10.1. The first kappa shape index (κ1) is 16.0. The molecule has 1 aromatic rings. The Hall–Kier alpha value is -1.39. The Labute approximate surface area is 127 Å². The molecule has 1 aliphatic rings. The average molecular weight is 290 g/mol. The molecule has 116 valence electrons. The summed E-state index contributed by atoms with van der Waals surface area (Å²) in [5.74, 6) is -0.113. The van der Waals surface area contributed by atoms with Gasteiger partial charge in [0.1, 0.15) is 6.61 Å². The summed E-state index contributed by atoms with van der Waals surface area (Å²) in [5.41, 5.74) is 7.54. The van der Waals surface area contributed by atoms with Crippen LogP contribution in [0.2, 0.25) is 0 Å². The number of hydrogen-bond acceptors (Lipinski definition) is 3.